The molecule has 112 valence electrons. The third-order valence-electron chi connectivity index (χ3n) is 3.77. The Labute approximate surface area is 131 Å². The van der Waals surface area contributed by atoms with E-state index < -0.39 is 0 Å². The highest BCUT2D eigenvalue weighted by molar-refractivity contribution is 6.32. The lowest BCUT2D eigenvalue weighted by atomic mass is 9.99. The molecule has 21 heavy (non-hydrogen) atoms. The van der Waals surface area contributed by atoms with Gasteiger partial charge in [0.1, 0.15) is 5.75 Å². The third kappa shape index (κ3) is 3.99. The van der Waals surface area contributed by atoms with E-state index in [0.717, 1.165) is 5.56 Å². The molecular weight excluding hydrogens is 282 g/mol. The lowest BCUT2D eigenvalue weighted by Gasteiger charge is -2.16. The molecule has 0 saturated heterocycles. The molecule has 1 atom stereocenters. The van der Waals surface area contributed by atoms with Crippen LogP contribution in [0.3, 0.4) is 0 Å². The average molecular weight is 304 g/mol. The van der Waals surface area contributed by atoms with Crippen LogP contribution in [0.5, 0.6) is 5.75 Å². The zero-order chi connectivity index (χ0) is 15.4. The Morgan fingerprint density at radius 3 is 2.24 bits per heavy atom. The Hall–Kier alpha value is -1.51. The molecule has 0 aromatic heterocycles. The van der Waals surface area contributed by atoms with Gasteiger partial charge in [-0.3, -0.25) is 0 Å². The zero-order valence-corrected chi connectivity index (χ0v) is 13.5. The molecule has 2 aromatic rings. The third-order valence-corrected chi connectivity index (χ3v) is 4.08. The molecule has 0 radical (unpaired) electrons. The smallest absolute Gasteiger partial charge is 0.138 e. The second-order valence-corrected chi connectivity index (χ2v) is 6.08. The van der Waals surface area contributed by atoms with E-state index >= 15 is 0 Å². The maximum Gasteiger partial charge on any atom is 0.138 e. The molecule has 0 heterocycles. The van der Waals surface area contributed by atoms with Crippen LogP contribution in [0, 0.1) is 0 Å². The first kappa shape index (κ1) is 15.9. The number of hydrogen-bond donors (Lipinski definition) is 2. The summed E-state index contributed by atoms with van der Waals surface area (Å²) in [7, 11) is 0. The molecule has 2 aromatic carbocycles. The number of rotatable bonds is 5. The Morgan fingerprint density at radius 2 is 1.62 bits per heavy atom. The highest BCUT2D eigenvalue weighted by Gasteiger charge is 2.09. The van der Waals surface area contributed by atoms with Crippen LogP contribution in [0.15, 0.2) is 42.5 Å². The van der Waals surface area contributed by atoms with Crippen molar-refractivity contribution in [2.75, 3.05) is 0 Å². The van der Waals surface area contributed by atoms with E-state index in [0.29, 0.717) is 17.5 Å². The fraction of sp³-hybridized carbons (Fsp3) is 0.333. The Kier molecular flexibility index (Phi) is 5.27. The van der Waals surface area contributed by atoms with Crippen molar-refractivity contribution in [3.63, 3.8) is 0 Å². The van der Waals surface area contributed by atoms with Crippen LogP contribution in [0.25, 0.3) is 0 Å². The molecule has 0 spiro atoms. The Morgan fingerprint density at radius 1 is 1.00 bits per heavy atom. The molecule has 0 aliphatic carbocycles. The van der Waals surface area contributed by atoms with Crippen molar-refractivity contribution in [1.29, 1.82) is 0 Å². The number of phenolic OH excluding ortho intramolecular Hbond substituents is 1. The second-order valence-electron chi connectivity index (χ2n) is 5.67. The highest BCUT2D eigenvalue weighted by Crippen LogP contribution is 2.27. The maximum atomic E-state index is 9.91. The predicted molar refractivity (Wildman–Crippen MR) is 88.9 cm³/mol. The number of hydrogen-bond acceptors (Lipinski definition) is 2. The number of benzene rings is 2. The van der Waals surface area contributed by atoms with Gasteiger partial charge in [0.15, 0.2) is 0 Å². The predicted octanol–water partition coefficient (Wildman–Crippen LogP) is 5.02. The first-order valence-corrected chi connectivity index (χ1v) is 7.66. The number of phenols is 1. The van der Waals surface area contributed by atoms with Crippen LogP contribution in [-0.2, 0) is 6.54 Å². The van der Waals surface area contributed by atoms with Crippen molar-refractivity contribution >= 4 is 11.6 Å². The van der Waals surface area contributed by atoms with Crippen LogP contribution in [0.1, 0.15) is 49.4 Å². The molecule has 0 saturated carbocycles. The standard InChI is InChI=1S/C18H22ClNO/c1-12(2)14-7-9-15(10-8-14)13(3)20-11-16-5-4-6-17(19)18(16)21/h4-10,12-13,20-21H,11H2,1-3H3. The average Bonchev–Trinajstić information content (AvgIpc) is 2.48. The summed E-state index contributed by atoms with van der Waals surface area (Å²) in [5, 5.41) is 13.7. The van der Waals surface area contributed by atoms with Gasteiger partial charge in [-0.15, -0.1) is 0 Å². The Balaban J connectivity index is 2.01. The molecule has 2 nitrogen and oxygen atoms in total. The first-order valence-electron chi connectivity index (χ1n) is 7.28. The van der Waals surface area contributed by atoms with Crippen LogP contribution < -0.4 is 5.32 Å². The van der Waals surface area contributed by atoms with Crippen molar-refractivity contribution in [2.45, 2.75) is 39.3 Å². The maximum absolute atomic E-state index is 9.91. The minimum Gasteiger partial charge on any atom is -0.506 e. The summed E-state index contributed by atoms with van der Waals surface area (Å²) < 4.78 is 0. The van der Waals surface area contributed by atoms with Crippen molar-refractivity contribution in [3.05, 3.63) is 64.2 Å². The van der Waals surface area contributed by atoms with Gasteiger partial charge in [0, 0.05) is 18.2 Å². The lowest BCUT2D eigenvalue weighted by Crippen LogP contribution is -2.18. The summed E-state index contributed by atoms with van der Waals surface area (Å²) in [4.78, 5) is 0. The largest absolute Gasteiger partial charge is 0.506 e. The molecule has 0 aliphatic rings. The summed E-state index contributed by atoms with van der Waals surface area (Å²) in [6.45, 7) is 7.09. The number of para-hydroxylation sites is 1. The molecule has 0 amide bonds. The molecular formula is C18H22ClNO. The summed E-state index contributed by atoms with van der Waals surface area (Å²) in [6, 6.07) is 14.3. The van der Waals surface area contributed by atoms with E-state index in [4.69, 9.17) is 11.6 Å². The fourth-order valence-corrected chi connectivity index (χ4v) is 2.45. The first-order chi connectivity index (χ1) is 9.99. The van der Waals surface area contributed by atoms with Crippen molar-refractivity contribution in [2.24, 2.45) is 0 Å². The van der Waals surface area contributed by atoms with E-state index in [9.17, 15) is 5.11 Å². The van der Waals surface area contributed by atoms with Crippen LogP contribution in [0.2, 0.25) is 5.02 Å². The summed E-state index contributed by atoms with van der Waals surface area (Å²) in [5.41, 5.74) is 3.40. The normalized spacial score (nSPS) is 12.6. The molecule has 0 fully saturated rings. The highest BCUT2D eigenvalue weighted by atomic mass is 35.5. The SMILES string of the molecule is CC(C)c1ccc(C(C)NCc2cccc(Cl)c2O)cc1. The van der Waals surface area contributed by atoms with E-state index in [1.54, 1.807) is 6.07 Å². The van der Waals surface area contributed by atoms with Crippen molar-refractivity contribution in [3.8, 4) is 5.75 Å². The van der Waals surface area contributed by atoms with Gasteiger partial charge in [0.05, 0.1) is 5.02 Å². The topological polar surface area (TPSA) is 32.3 Å². The van der Waals surface area contributed by atoms with Crippen molar-refractivity contribution in [1.82, 2.24) is 5.32 Å². The number of nitrogens with one attached hydrogen (secondary N) is 1. The van der Waals surface area contributed by atoms with E-state index in [-0.39, 0.29) is 11.8 Å². The number of aromatic hydroxyl groups is 1. The van der Waals surface area contributed by atoms with Gasteiger partial charge in [-0.25, -0.2) is 0 Å². The summed E-state index contributed by atoms with van der Waals surface area (Å²) in [6.07, 6.45) is 0. The molecule has 2 N–H and O–H groups in total. The Bertz CT molecular complexity index is 593. The van der Waals surface area contributed by atoms with Crippen molar-refractivity contribution < 1.29 is 5.11 Å². The molecule has 2 rings (SSSR count). The van der Waals surface area contributed by atoms with Gasteiger partial charge in [0.2, 0.25) is 0 Å². The summed E-state index contributed by atoms with van der Waals surface area (Å²) >= 11 is 5.92. The zero-order valence-electron chi connectivity index (χ0n) is 12.7. The van der Waals surface area contributed by atoms with Gasteiger partial charge in [-0.1, -0.05) is 61.8 Å². The molecule has 1 unspecified atom stereocenters. The minimum atomic E-state index is 0.161. The van der Waals surface area contributed by atoms with E-state index in [2.05, 4.69) is 50.4 Å². The van der Waals surface area contributed by atoms with Gasteiger partial charge >= 0.3 is 0 Å². The van der Waals surface area contributed by atoms with E-state index in [1.807, 2.05) is 12.1 Å². The minimum absolute atomic E-state index is 0.161. The second kappa shape index (κ2) is 6.97. The molecule has 0 bridgehead atoms. The molecule has 0 aliphatic heterocycles. The van der Waals surface area contributed by atoms with Gasteiger partial charge in [-0.05, 0) is 30.0 Å². The monoisotopic (exact) mass is 303 g/mol. The number of halogens is 1. The van der Waals surface area contributed by atoms with Crippen LogP contribution in [0.4, 0.5) is 0 Å². The lowest BCUT2D eigenvalue weighted by molar-refractivity contribution is 0.460. The molecule has 3 heteroatoms. The van der Waals surface area contributed by atoms with Crippen LogP contribution >= 0.6 is 11.6 Å². The van der Waals surface area contributed by atoms with E-state index in [1.165, 1.54) is 11.1 Å². The van der Waals surface area contributed by atoms with Gasteiger partial charge < -0.3 is 10.4 Å². The van der Waals surface area contributed by atoms with Gasteiger partial charge in [0.25, 0.3) is 0 Å². The summed E-state index contributed by atoms with van der Waals surface area (Å²) in [5.74, 6) is 0.708. The van der Waals surface area contributed by atoms with Crippen LogP contribution in [-0.4, -0.2) is 5.11 Å². The van der Waals surface area contributed by atoms with Gasteiger partial charge in [-0.2, -0.15) is 0 Å². The fourth-order valence-electron chi connectivity index (χ4n) is 2.25. The quantitative estimate of drug-likeness (QED) is 0.813.